The zero-order chi connectivity index (χ0) is 13.1. The van der Waals surface area contributed by atoms with Crippen LogP contribution in [0.5, 0.6) is 0 Å². The van der Waals surface area contributed by atoms with Gasteiger partial charge in [-0.3, -0.25) is 0 Å². The van der Waals surface area contributed by atoms with Crippen LogP contribution in [0.15, 0.2) is 12.1 Å². The predicted octanol–water partition coefficient (Wildman–Crippen LogP) is 4.79. The fourth-order valence-electron chi connectivity index (χ4n) is 3.34. The molecule has 1 aromatic rings. The fourth-order valence-corrected chi connectivity index (χ4v) is 4.30. The number of hydrogen-bond acceptors (Lipinski definition) is 2. The van der Waals surface area contributed by atoms with Crippen molar-refractivity contribution in [2.24, 2.45) is 11.8 Å². The first kappa shape index (κ1) is 14.1. The Kier molecular flexibility index (Phi) is 4.85. The van der Waals surface area contributed by atoms with Crippen molar-refractivity contribution >= 4 is 11.3 Å². The summed E-state index contributed by atoms with van der Waals surface area (Å²) < 4.78 is 0. The zero-order valence-electron chi connectivity index (χ0n) is 12.2. The lowest BCUT2D eigenvalue weighted by Crippen LogP contribution is -2.37. The highest BCUT2D eigenvalue weighted by atomic mass is 32.1. The molecule has 1 fully saturated rings. The lowest BCUT2D eigenvalue weighted by atomic mass is 9.80. The molecule has 18 heavy (non-hydrogen) atoms. The average molecular weight is 265 g/mol. The van der Waals surface area contributed by atoms with Gasteiger partial charge in [-0.2, -0.15) is 0 Å². The van der Waals surface area contributed by atoms with E-state index in [1.54, 1.807) is 0 Å². The normalized spacial score (nSPS) is 30.3. The van der Waals surface area contributed by atoms with E-state index in [9.17, 15) is 0 Å². The van der Waals surface area contributed by atoms with Crippen molar-refractivity contribution in [2.45, 2.75) is 65.5 Å². The molecule has 1 nitrogen and oxygen atoms in total. The summed E-state index contributed by atoms with van der Waals surface area (Å²) in [6, 6.07) is 5.81. The van der Waals surface area contributed by atoms with Crippen molar-refractivity contribution in [3.05, 3.63) is 21.9 Å². The van der Waals surface area contributed by atoms with E-state index in [1.807, 2.05) is 11.3 Å². The molecule has 1 aromatic heterocycles. The molecule has 1 saturated carbocycles. The van der Waals surface area contributed by atoms with Crippen molar-refractivity contribution in [3.8, 4) is 0 Å². The minimum Gasteiger partial charge on any atom is -0.307 e. The summed E-state index contributed by atoms with van der Waals surface area (Å²) in [6.07, 6.45) is 5.27. The molecular weight excluding hydrogens is 238 g/mol. The van der Waals surface area contributed by atoms with Gasteiger partial charge in [0.15, 0.2) is 0 Å². The van der Waals surface area contributed by atoms with Crippen molar-refractivity contribution in [1.29, 1.82) is 0 Å². The third-order valence-corrected chi connectivity index (χ3v) is 5.53. The third-order valence-electron chi connectivity index (χ3n) is 4.12. The Morgan fingerprint density at radius 2 is 1.89 bits per heavy atom. The zero-order valence-corrected chi connectivity index (χ0v) is 13.0. The number of nitrogens with one attached hydrogen (secondary N) is 1. The number of aryl methyl sites for hydroxylation is 1. The Labute approximate surface area is 116 Å². The van der Waals surface area contributed by atoms with Gasteiger partial charge in [0.2, 0.25) is 0 Å². The fraction of sp³-hybridized carbons (Fsp3) is 0.750. The highest BCUT2D eigenvalue weighted by molar-refractivity contribution is 7.12. The van der Waals surface area contributed by atoms with Crippen LogP contribution >= 0.6 is 11.3 Å². The van der Waals surface area contributed by atoms with Crippen molar-refractivity contribution in [3.63, 3.8) is 0 Å². The molecule has 1 aliphatic carbocycles. The summed E-state index contributed by atoms with van der Waals surface area (Å²) in [6.45, 7) is 9.35. The van der Waals surface area contributed by atoms with Gasteiger partial charge in [-0.25, -0.2) is 0 Å². The Morgan fingerprint density at radius 3 is 2.44 bits per heavy atom. The van der Waals surface area contributed by atoms with Crippen molar-refractivity contribution in [1.82, 2.24) is 5.32 Å². The number of rotatable bonds is 4. The molecule has 0 amide bonds. The minimum atomic E-state index is 0.512. The van der Waals surface area contributed by atoms with Crippen LogP contribution in [-0.4, -0.2) is 6.04 Å². The first-order valence-electron chi connectivity index (χ1n) is 7.43. The van der Waals surface area contributed by atoms with Gasteiger partial charge in [0, 0.05) is 21.8 Å². The van der Waals surface area contributed by atoms with Gasteiger partial charge in [-0.05, 0) is 56.6 Å². The van der Waals surface area contributed by atoms with Gasteiger partial charge >= 0.3 is 0 Å². The van der Waals surface area contributed by atoms with Gasteiger partial charge in [0.25, 0.3) is 0 Å². The summed E-state index contributed by atoms with van der Waals surface area (Å²) in [7, 11) is 0. The maximum absolute atomic E-state index is 3.84. The van der Waals surface area contributed by atoms with Crippen molar-refractivity contribution < 1.29 is 0 Å². The van der Waals surface area contributed by atoms with Crippen LogP contribution in [0, 0.1) is 11.8 Å². The SMILES string of the molecule is CCc1ccc(C(C)NC2CC(C)CC(C)C2)s1. The molecule has 3 unspecified atom stereocenters. The van der Waals surface area contributed by atoms with Gasteiger partial charge in [-0.1, -0.05) is 20.8 Å². The largest absolute Gasteiger partial charge is 0.307 e. The molecule has 1 aliphatic rings. The first-order chi connectivity index (χ1) is 8.58. The van der Waals surface area contributed by atoms with E-state index < -0.39 is 0 Å². The van der Waals surface area contributed by atoms with Gasteiger partial charge in [-0.15, -0.1) is 11.3 Å². The summed E-state index contributed by atoms with van der Waals surface area (Å²) >= 11 is 1.97. The molecule has 0 bridgehead atoms. The van der Waals surface area contributed by atoms with Crippen LogP contribution in [0.1, 0.15) is 62.8 Å². The van der Waals surface area contributed by atoms with Crippen molar-refractivity contribution in [2.75, 3.05) is 0 Å². The maximum atomic E-state index is 3.84. The smallest absolute Gasteiger partial charge is 0.0388 e. The molecule has 1 N–H and O–H groups in total. The third kappa shape index (κ3) is 3.58. The summed E-state index contributed by atoms with van der Waals surface area (Å²) in [5.74, 6) is 1.76. The molecule has 0 radical (unpaired) electrons. The van der Waals surface area contributed by atoms with Crippen LogP contribution in [0.2, 0.25) is 0 Å². The molecule has 0 saturated heterocycles. The van der Waals surface area contributed by atoms with E-state index in [4.69, 9.17) is 0 Å². The van der Waals surface area contributed by atoms with E-state index in [-0.39, 0.29) is 0 Å². The number of thiophene rings is 1. The van der Waals surface area contributed by atoms with Crippen LogP contribution in [0.25, 0.3) is 0 Å². The van der Waals surface area contributed by atoms with E-state index in [0.29, 0.717) is 12.1 Å². The van der Waals surface area contributed by atoms with Crippen LogP contribution < -0.4 is 5.32 Å². The Bertz CT molecular complexity index is 361. The van der Waals surface area contributed by atoms with Crippen LogP contribution in [-0.2, 0) is 6.42 Å². The highest BCUT2D eigenvalue weighted by Gasteiger charge is 2.25. The monoisotopic (exact) mass is 265 g/mol. The molecule has 3 atom stereocenters. The Morgan fingerprint density at radius 1 is 1.22 bits per heavy atom. The topological polar surface area (TPSA) is 12.0 Å². The van der Waals surface area contributed by atoms with E-state index in [1.165, 1.54) is 29.0 Å². The lowest BCUT2D eigenvalue weighted by Gasteiger charge is -2.33. The molecule has 102 valence electrons. The van der Waals surface area contributed by atoms with Crippen LogP contribution in [0.4, 0.5) is 0 Å². The Balaban J connectivity index is 1.92. The molecular formula is C16H27NS. The molecule has 2 rings (SSSR count). The minimum absolute atomic E-state index is 0.512. The second kappa shape index (κ2) is 6.21. The first-order valence-corrected chi connectivity index (χ1v) is 8.24. The molecule has 1 heterocycles. The van der Waals surface area contributed by atoms with Gasteiger partial charge in [0.05, 0.1) is 0 Å². The Hall–Kier alpha value is -0.340. The number of hydrogen-bond donors (Lipinski definition) is 1. The second-order valence-corrected chi connectivity index (χ2v) is 7.36. The van der Waals surface area contributed by atoms with E-state index >= 15 is 0 Å². The highest BCUT2D eigenvalue weighted by Crippen LogP contribution is 2.31. The van der Waals surface area contributed by atoms with E-state index in [0.717, 1.165) is 18.3 Å². The molecule has 0 aromatic carbocycles. The second-order valence-electron chi connectivity index (χ2n) is 6.16. The van der Waals surface area contributed by atoms with E-state index in [2.05, 4.69) is 45.1 Å². The standard InChI is InChI=1S/C16H27NS/c1-5-15-6-7-16(18-15)13(4)17-14-9-11(2)8-12(3)10-14/h6-7,11-14,17H,5,8-10H2,1-4H3. The van der Waals surface area contributed by atoms with Crippen LogP contribution in [0.3, 0.4) is 0 Å². The maximum Gasteiger partial charge on any atom is 0.0388 e. The average Bonchev–Trinajstić information content (AvgIpc) is 2.75. The quantitative estimate of drug-likeness (QED) is 0.825. The van der Waals surface area contributed by atoms with Gasteiger partial charge in [0.1, 0.15) is 0 Å². The molecule has 0 spiro atoms. The molecule has 0 aliphatic heterocycles. The summed E-state index contributed by atoms with van der Waals surface area (Å²) in [5.41, 5.74) is 0. The lowest BCUT2D eigenvalue weighted by molar-refractivity contribution is 0.229. The summed E-state index contributed by atoms with van der Waals surface area (Å²) in [5, 5.41) is 3.84. The molecule has 2 heteroatoms. The van der Waals surface area contributed by atoms with Gasteiger partial charge < -0.3 is 5.32 Å². The predicted molar refractivity (Wildman–Crippen MR) is 81.2 cm³/mol. The summed E-state index contributed by atoms with van der Waals surface area (Å²) in [4.78, 5) is 3.00.